The number of hydrogen-bond donors (Lipinski definition) is 1. The highest BCUT2D eigenvalue weighted by Crippen LogP contribution is 2.24. The first kappa shape index (κ1) is 22.5. The molecule has 0 aliphatic rings. The summed E-state index contributed by atoms with van der Waals surface area (Å²) in [6.07, 6.45) is 1.08. The second-order valence-corrected chi connectivity index (χ2v) is 9.46. The minimum absolute atomic E-state index is 0.00738. The molecule has 1 heterocycles. The average Bonchev–Trinajstić information content (AvgIpc) is 3.17. The minimum Gasteiger partial charge on any atom is -0.345 e. The van der Waals surface area contributed by atoms with Gasteiger partial charge in [-0.3, -0.25) is 9.10 Å². The first-order valence-electron chi connectivity index (χ1n) is 9.80. The molecule has 9 heteroatoms. The predicted octanol–water partition coefficient (Wildman–Crippen LogP) is 3.13. The van der Waals surface area contributed by atoms with E-state index in [1.807, 2.05) is 51.1 Å². The number of aryl methyl sites for hydroxylation is 3. The summed E-state index contributed by atoms with van der Waals surface area (Å²) in [4.78, 5) is 17.0. The third-order valence-electron chi connectivity index (χ3n) is 5.03. The molecule has 0 unspecified atom stereocenters. The molecular weight excluding hydrogens is 416 g/mol. The second-order valence-electron chi connectivity index (χ2n) is 7.60. The van der Waals surface area contributed by atoms with Crippen molar-refractivity contribution in [1.29, 1.82) is 0 Å². The topological polar surface area (TPSA) is 105 Å². The van der Waals surface area contributed by atoms with Gasteiger partial charge in [0.15, 0.2) is 0 Å². The molecule has 0 saturated carbocycles. The number of aromatic nitrogens is 2. The van der Waals surface area contributed by atoms with Crippen LogP contribution in [0.2, 0.25) is 0 Å². The molecule has 1 amide bonds. The Morgan fingerprint density at radius 2 is 1.77 bits per heavy atom. The van der Waals surface area contributed by atoms with E-state index < -0.39 is 22.0 Å². The smallest absolute Gasteiger partial charge is 0.246 e. The normalized spacial score (nSPS) is 12.4. The number of carbonyl (C=O) groups excluding carboxylic acids is 1. The molecule has 2 aromatic carbocycles. The predicted molar refractivity (Wildman–Crippen MR) is 119 cm³/mol. The van der Waals surface area contributed by atoms with E-state index in [9.17, 15) is 13.2 Å². The Balaban J connectivity index is 1.72. The summed E-state index contributed by atoms with van der Waals surface area (Å²) in [7, 11) is -3.69. The van der Waals surface area contributed by atoms with Gasteiger partial charge in [-0.05, 0) is 51.0 Å². The van der Waals surface area contributed by atoms with E-state index in [0.29, 0.717) is 11.5 Å². The van der Waals surface area contributed by atoms with Gasteiger partial charge in [0.05, 0.1) is 18.5 Å². The lowest BCUT2D eigenvalue weighted by molar-refractivity contribution is -0.122. The molecule has 0 bridgehead atoms. The molecule has 8 nitrogen and oxygen atoms in total. The second kappa shape index (κ2) is 8.89. The van der Waals surface area contributed by atoms with Crippen LogP contribution in [0.5, 0.6) is 0 Å². The monoisotopic (exact) mass is 442 g/mol. The quantitative estimate of drug-likeness (QED) is 0.603. The molecule has 164 valence electrons. The first-order valence-corrected chi connectivity index (χ1v) is 11.6. The number of rotatable bonds is 7. The van der Waals surface area contributed by atoms with Crippen LogP contribution in [0.1, 0.15) is 29.5 Å². The lowest BCUT2D eigenvalue weighted by Crippen LogP contribution is -2.47. The van der Waals surface area contributed by atoms with E-state index in [1.165, 1.54) is 6.92 Å². The van der Waals surface area contributed by atoms with E-state index in [0.717, 1.165) is 32.8 Å². The maximum absolute atomic E-state index is 12.7. The Morgan fingerprint density at radius 1 is 1.10 bits per heavy atom. The van der Waals surface area contributed by atoms with E-state index >= 15 is 0 Å². The van der Waals surface area contributed by atoms with Crippen molar-refractivity contribution in [2.75, 3.05) is 10.6 Å². The van der Waals surface area contributed by atoms with Gasteiger partial charge >= 0.3 is 0 Å². The minimum atomic E-state index is -3.69. The van der Waals surface area contributed by atoms with Crippen LogP contribution in [0.4, 0.5) is 5.69 Å². The lowest BCUT2D eigenvalue weighted by atomic mass is 10.1. The molecular formula is C22H26N4O4S. The van der Waals surface area contributed by atoms with Crippen molar-refractivity contribution in [3.05, 3.63) is 65.0 Å². The molecule has 0 saturated heterocycles. The van der Waals surface area contributed by atoms with Crippen LogP contribution in [-0.2, 0) is 21.4 Å². The van der Waals surface area contributed by atoms with Crippen molar-refractivity contribution < 1.29 is 17.7 Å². The number of nitrogens with one attached hydrogen (secondary N) is 1. The van der Waals surface area contributed by atoms with Crippen LogP contribution in [0.25, 0.3) is 11.4 Å². The van der Waals surface area contributed by atoms with Gasteiger partial charge in [0, 0.05) is 5.56 Å². The van der Waals surface area contributed by atoms with E-state index in [2.05, 4.69) is 15.5 Å². The number of benzene rings is 2. The standard InChI is InChI=1S/C22H26N4O4S/c1-14-6-9-18(10-7-14)21-24-20(30-25-21)13-23-22(27)17(4)26(31(5,28)29)19-11-8-15(2)16(3)12-19/h6-12,17H,13H2,1-5H3,(H,23,27)/t17-/m1/s1. The summed E-state index contributed by atoms with van der Waals surface area (Å²) in [6.45, 7) is 7.35. The fraction of sp³-hybridized carbons (Fsp3) is 0.318. The number of nitrogens with zero attached hydrogens (tertiary/aromatic N) is 3. The summed E-state index contributed by atoms with van der Waals surface area (Å²) in [6, 6.07) is 12.0. The SMILES string of the molecule is Cc1ccc(-c2noc(CNC(=O)[C@@H](C)N(c3ccc(C)c(C)c3)S(C)(=O)=O)n2)cc1. The molecule has 0 aliphatic carbocycles. The van der Waals surface area contributed by atoms with Gasteiger partial charge in [0.25, 0.3) is 0 Å². The highest BCUT2D eigenvalue weighted by molar-refractivity contribution is 7.92. The van der Waals surface area contributed by atoms with Crippen molar-refractivity contribution in [1.82, 2.24) is 15.5 Å². The van der Waals surface area contributed by atoms with Crippen LogP contribution in [0, 0.1) is 20.8 Å². The van der Waals surface area contributed by atoms with E-state index in [-0.39, 0.29) is 12.4 Å². The lowest BCUT2D eigenvalue weighted by Gasteiger charge is -2.28. The summed E-state index contributed by atoms with van der Waals surface area (Å²) < 4.78 is 31.2. The van der Waals surface area contributed by atoms with Gasteiger partial charge in [0.1, 0.15) is 6.04 Å². The maximum atomic E-state index is 12.7. The van der Waals surface area contributed by atoms with Crippen molar-refractivity contribution in [3.8, 4) is 11.4 Å². The Morgan fingerprint density at radius 3 is 2.39 bits per heavy atom. The van der Waals surface area contributed by atoms with E-state index in [4.69, 9.17) is 4.52 Å². The van der Waals surface area contributed by atoms with Crippen LogP contribution < -0.4 is 9.62 Å². The zero-order valence-electron chi connectivity index (χ0n) is 18.2. The number of anilines is 1. The molecule has 0 radical (unpaired) electrons. The third-order valence-corrected chi connectivity index (χ3v) is 6.27. The molecule has 3 aromatic rings. The van der Waals surface area contributed by atoms with Crippen LogP contribution >= 0.6 is 0 Å². The van der Waals surface area contributed by atoms with Gasteiger partial charge in [-0.25, -0.2) is 8.42 Å². The molecule has 31 heavy (non-hydrogen) atoms. The van der Waals surface area contributed by atoms with Gasteiger partial charge in [0.2, 0.25) is 27.6 Å². The summed E-state index contributed by atoms with van der Waals surface area (Å²) in [5.41, 5.74) is 4.34. The largest absolute Gasteiger partial charge is 0.345 e. The Hall–Kier alpha value is -3.20. The highest BCUT2D eigenvalue weighted by Gasteiger charge is 2.29. The summed E-state index contributed by atoms with van der Waals surface area (Å²) in [5, 5.41) is 6.61. The maximum Gasteiger partial charge on any atom is 0.246 e. The zero-order chi connectivity index (χ0) is 22.8. The van der Waals surface area contributed by atoms with Gasteiger partial charge in [-0.1, -0.05) is 41.1 Å². The zero-order valence-corrected chi connectivity index (χ0v) is 19.0. The molecule has 3 rings (SSSR count). The molecule has 0 aliphatic heterocycles. The van der Waals surface area contributed by atoms with Gasteiger partial charge < -0.3 is 9.84 Å². The van der Waals surface area contributed by atoms with Crippen LogP contribution in [0.3, 0.4) is 0 Å². The molecule has 0 fully saturated rings. The van der Waals surface area contributed by atoms with Gasteiger partial charge in [-0.2, -0.15) is 4.98 Å². The first-order chi connectivity index (χ1) is 14.6. The van der Waals surface area contributed by atoms with Crippen molar-refractivity contribution in [2.45, 2.75) is 40.3 Å². The summed E-state index contributed by atoms with van der Waals surface area (Å²) in [5.74, 6) is 0.178. The Kier molecular flexibility index (Phi) is 6.45. The highest BCUT2D eigenvalue weighted by atomic mass is 32.2. The number of sulfonamides is 1. The van der Waals surface area contributed by atoms with Crippen molar-refractivity contribution in [3.63, 3.8) is 0 Å². The molecule has 1 atom stereocenters. The van der Waals surface area contributed by atoms with Crippen LogP contribution in [0.15, 0.2) is 47.0 Å². The van der Waals surface area contributed by atoms with Gasteiger partial charge in [-0.15, -0.1) is 0 Å². The fourth-order valence-corrected chi connectivity index (χ4v) is 4.30. The van der Waals surface area contributed by atoms with Crippen LogP contribution in [-0.4, -0.2) is 36.8 Å². The molecule has 1 N–H and O–H groups in total. The van der Waals surface area contributed by atoms with Crippen molar-refractivity contribution >= 4 is 21.6 Å². The number of hydrogen-bond acceptors (Lipinski definition) is 6. The van der Waals surface area contributed by atoms with E-state index in [1.54, 1.807) is 12.1 Å². The average molecular weight is 443 g/mol. The molecule has 0 spiro atoms. The Labute approximate surface area is 182 Å². The summed E-state index contributed by atoms with van der Waals surface area (Å²) >= 11 is 0. The van der Waals surface area contributed by atoms with Crippen molar-refractivity contribution in [2.24, 2.45) is 0 Å². The number of amides is 1. The third kappa shape index (κ3) is 5.29. The fourth-order valence-electron chi connectivity index (χ4n) is 3.13. The number of carbonyl (C=O) groups is 1. The Bertz CT molecular complexity index is 1190. The molecule has 1 aromatic heterocycles.